The van der Waals surface area contributed by atoms with E-state index >= 15 is 0 Å². The number of halogens is 1. The van der Waals surface area contributed by atoms with Gasteiger partial charge < -0.3 is 24.8 Å². The molecule has 3 aliphatic rings. The number of rotatable bonds is 7. The van der Waals surface area contributed by atoms with Gasteiger partial charge in [0.1, 0.15) is 17.6 Å². The van der Waals surface area contributed by atoms with Crippen molar-refractivity contribution in [1.82, 2.24) is 4.90 Å². The van der Waals surface area contributed by atoms with Gasteiger partial charge in [0.05, 0.1) is 18.1 Å². The molecule has 0 saturated carbocycles. The van der Waals surface area contributed by atoms with E-state index in [4.69, 9.17) is 21.1 Å². The fraction of sp³-hybridized carbons (Fsp3) is 0.591. The van der Waals surface area contributed by atoms with Crippen molar-refractivity contribution < 1.29 is 29.0 Å². The molecular formula is C22H27ClN2O6. The number of hydrogen-bond acceptors (Lipinski definition) is 6. The van der Waals surface area contributed by atoms with Gasteiger partial charge in [-0.25, -0.2) is 0 Å². The predicted molar refractivity (Wildman–Crippen MR) is 112 cm³/mol. The molecule has 0 aliphatic carbocycles. The third-order valence-corrected chi connectivity index (χ3v) is 6.99. The maximum atomic E-state index is 13.5. The molecule has 1 aromatic carbocycles. The topological polar surface area (TPSA) is 105 Å². The Hall–Kier alpha value is -2.16. The molecule has 2 bridgehead atoms. The lowest BCUT2D eigenvalue weighted by Crippen LogP contribution is -2.53. The number of carbonyl (C=O) groups excluding carboxylic acids is 3. The van der Waals surface area contributed by atoms with Crippen LogP contribution in [-0.4, -0.2) is 64.8 Å². The maximum Gasteiger partial charge on any atom is 0.312 e. The molecule has 168 valence electrons. The molecule has 1 aromatic rings. The first-order valence-corrected chi connectivity index (χ1v) is 11.0. The van der Waals surface area contributed by atoms with Crippen LogP contribution in [0.15, 0.2) is 24.3 Å². The maximum absolute atomic E-state index is 13.5. The predicted octanol–water partition coefficient (Wildman–Crippen LogP) is 1.99. The zero-order chi connectivity index (χ0) is 22.4. The summed E-state index contributed by atoms with van der Waals surface area (Å²) in [6.45, 7) is 3.82. The summed E-state index contributed by atoms with van der Waals surface area (Å²) in [5.41, 5.74) is -1.41. The number of aliphatic hydroxyl groups excluding tert-OH is 1. The minimum absolute atomic E-state index is 0.118. The molecule has 2 N–H and O–H groups in total. The standard InChI is InChI=1S/C22H27ClN2O6/c1-3-30-20(29)16-15-19(28)25(11-4-12-26)17(22(15)10-9-21(16,2)31-22)18(27)24-14-7-5-13(23)6-8-14/h5-8,15-17,26H,3-4,9-12H2,1-2H3,(H,24,27)/t15-,16-,17?,21+,22?/m0/s1. The molecular weight excluding hydrogens is 424 g/mol. The fourth-order valence-corrected chi connectivity index (χ4v) is 5.67. The Bertz CT molecular complexity index is 892. The second-order valence-corrected chi connectivity index (χ2v) is 9.02. The number of carbonyl (C=O) groups is 3. The number of amides is 2. The van der Waals surface area contributed by atoms with Gasteiger partial charge in [0, 0.05) is 23.9 Å². The van der Waals surface area contributed by atoms with Gasteiger partial charge in [0.2, 0.25) is 11.8 Å². The molecule has 2 unspecified atom stereocenters. The fourth-order valence-electron chi connectivity index (χ4n) is 5.54. The van der Waals surface area contributed by atoms with E-state index < -0.39 is 35.0 Å². The minimum atomic E-state index is -1.10. The average molecular weight is 451 g/mol. The van der Waals surface area contributed by atoms with E-state index in [1.165, 1.54) is 4.90 Å². The Morgan fingerprint density at radius 3 is 2.68 bits per heavy atom. The van der Waals surface area contributed by atoms with Crippen molar-refractivity contribution in [2.24, 2.45) is 11.8 Å². The third-order valence-electron chi connectivity index (χ3n) is 6.73. The Balaban J connectivity index is 1.70. The monoisotopic (exact) mass is 450 g/mol. The van der Waals surface area contributed by atoms with Crippen LogP contribution in [0.1, 0.15) is 33.1 Å². The van der Waals surface area contributed by atoms with E-state index in [-0.39, 0.29) is 31.6 Å². The van der Waals surface area contributed by atoms with E-state index in [1.807, 2.05) is 6.92 Å². The first-order valence-electron chi connectivity index (χ1n) is 10.6. The van der Waals surface area contributed by atoms with Crippen molar-refractivity contribution in [2.75, 3.05) is 25.1 Å². The second kappa shape index (κ2) is 8.07. The van der Waals surface area contributed by atoms with Crippen molar-refractivity contribution in [2.45, 2.75) is 50.4 Å². The molecule has 9 heteroatoms. The first-order chi connectivity index (χ1) is 14.8. The summed E-state index contributed by atoms with van der Waals surface area (Å²) < 4.78 is 11.7. The number of ether oxygens (including phenoxy) is 2. The molecule has 5 atom stereocenters. The highest BCUT2D eigenvalue weighted by molar-refractivity contribution is 6.30. The van der Waals surface area contributed by atoms with Crippen LogP contribution in [0.2, 0.25) is 5.02 Å². The number of aliphatic hydroxyl groups is 1. The normalized spacial score (nSPS) is 33.5. The Morgan fingerprint density at radius 1 is 1.32 bits per heavy atom. The van der Waals surface area contributed by atoms with Crippen molar-refractivity contribution in [3.8, 4) is 0 Å². The quantitative estimate of drug-likeness (QED) is 0.615. The van der Waals surface area contributed by atoms with Gasteiger partial charge in [-0.3, -0.25) is 14.4 Å². The van der Waals surface area contributed by atoms with E-state index in [0.717, 1.165) is 0 Å². The lowest BCUT2D eigenvalue weighted by atomic mass is 9.66. The van der Waals surface area contributed by atoms with Crippen LogP contribution in [0.3, 0.4) is 0 Å². The largest absolute Gasteiger partial charge is 0.466 e. The number of hydrogen-bond donors (Lipinski definition) is 2. The van der Waals surface area contributed by atoms with Gasteiger partial charge in [-0.1, -0.05) is 11.6 Å². The number of likely N-dealkylation sites (tertiary alicyclic amines) is 1. The molecule has 3 fully saturated rings. The molecule has 3 aliphatic heterocycles. The molecule has 0 aromatic heterocycles. The van der Waals surface area contributed by atoms with Crippen molar-refractivity contribution in [3.05, 3.63) is 29.3 Å². The van der Waals surface area contributed by atoms with Gasteiger partial charge in [0.25, 0.3) is 0 Å². The summed E-state index contributed by atoms with van der Waals surface area (Å²) >= 11 is 5.93. The van der Waals surface area contributed by atoms with Gasteiger partial charge in [-0.05, 0) is 57.4 Å². The van der Waals surface area contributed by atoms with Crippen molar-refractivity contribution in [1.29, 1.82) is 0 Å². The van der Waals surface area contributed by atoms with Crippen LogP contribution < -0.4 is 5.32 Å². The zero-order valence-corrected chi connectivity index (χ0v) is 18.4. The summed E-state index contributed by atoms with van der Waals surface area (Å²) in [6, 6.07) is 5.78. The highest BCUT2D eigenvalue weighted by atomic mass is 35.5. The highest BCUT2D eigenvalue weighted by Gasteiger charge is 2.78. The van der Waals surface area contributed by atoms with Crippen molar-refractivity contribution in [3.63, 3.8) is 0 Å². The molecule has 3 heterocycles. The van der Waals surface area contributed by atoms with Crippen molar-refractivity contribution >= 4 is 35.1 Å². The Kier molecular flexibility index (Phi) is 5.74. The number of nitrogens with one attached hydrogen (secondary N) is 1. The van der Waals surface area contributed by atoms with E-state index in [9.17, 15) is 19.5 Å². The average Bonchev–Trinajstić information content (AvgIpc) is 3.29. The summed E-state index contributed by atoms with van der Waals surface area (Å²) in [4.78, 5) is 41.2. The van der Waals surface area contributed by atoms with E-state index in [2.05, 4.69) is 5.32 Å². The SMILES string of the molecule is CCOC(=O)[C@@H]1[C@H]2C(=O)N(CCCO)C(C(=O)Nc3ccc(Cl)cc3)C23CC[C@@]1(C)O3. The Morgan fingerprint density at radius 2 is 2.03 bits per heavy atom. The smallest absolute Gasteiger partial charge is 0.312 e. The first kappa shape index (κ1) is 22.0. The number of anilines is 1. The van der Waals surface area contributed by atoms with Crippen LogP contribution >= 0.6 is 11.6 Å². The summed E-state index contributed by atoms with van der Waals surface area (Å²) in [5.74, 6) is -2.70. The molecule has 8 nitrogen and oxygen atoms in total. The molecule has 31 heavy (non-hydrogen) atoms. The van der Waals surface area contributed by atoms with Crippen LogP contribution in [0, 0.1) is 11.8 Å². The van der Waals surface area contributed by atoms with Gasteiger partial charge in [-0.15, -0.1) is 0 Å². The third kappa shape index (κ3) is 3.41. The van der Waals surface area contributed by atoms with Crippen LogP contribution in [-0.2, 0) is 23.9 Å². The van der Waals surface area contributed by atoms with Crippen LogP contribution in [0.5, 0.6) is 0 Å². The summed E-state index contributed by atoms with van der Waals surface area (Å²) in [5, 5.41) is 12.7. The highest BCUT2D eigenvalue weighted by Crippen LogP contribution is 2.63. The van der Waals surface area contributed by atoms with Gasteiger partial charge in [-0.2, -0.15) is 0 Å². The molecule has 2 amide bonds. The molecule has 1 spiro atoms. The van der Waals surface area contributed by atoms with Crippen LogP contribution in [0.4, 0.5) is 5.69 Å². The lowest BCUT2D eigenvalue weighted by Gasteiger charge is -2.33. The molecule has 4 rings (SSSR count). The zero-order valence-electron chi connectivity index (χ0n) is 17.6. The Labute approximate surface area is 185 Å². The van der Waals surface area contributed by atoms with Crippen LogP contribution in [0.25, 0.3) is 0 Å². The number of benzene rings is 1. The van der Waals surface area contributed by atoms with E-state index in [0.29, 0.717) is 30.0 Å². The summed E-state index contributed by atoms with van der Waals surface area (Å²) in [6.07, 6.45) is 1.36. The molecule has 3 saturated heterocycles. The minimum Gasteiger partial charge on any atom is -0.466 e. The van der Waals surface area contributed by atoms with Gasteiger partial charge in [0.15, 0.2) is 0 Å². The van der Waals surface area contributed by atoms with Gasteiger partial charge >= 0.3 is 5.97 Å². The number of nitrogens with zero attached hydrogens (tertiary/aromatic N) is 1. The number of fused-ring (bicyclic) bond motifs is 1. The lowest BCUT2D eigenvalue weighted by molar-refractivity contribution is -0.159. The number of esters is 1. The summed E-state index contributed by atoms with van der Waals surface area (Å²) in [7, 11) is 0. The molecule has 0 radical (unpaired) electrons. The van der Waals surface area contributed by atoms with E-state index in [1.54, 1.807) is 31.2 Å². The second-order valence-electron chi connectivity index (χ2n) is 8.58.